The molecule has 1 aromatic rings. The zero-order chi connectivity index (χ0) is 5.11. The first-order valence-electron chi connectivity index (χ1n) is 2.26. The van der Waals surface area contributed by atoms with Gasteiger partial charge in [0, 0.05) is 0 Å². The minimum atomic E-state index is 0. The number of halogens is 1. The second-order valence-electron chi connectivity index (χ2n) is 1.49. The normalized spacial score (nSPS) is 6.00. The van der Waals surface area contributed by atoms with Gasteiger partial charge in [0.15, 0.2) is 0 Å². The Morgan fingerprint density at radius 1 is 1.00 bits per heavy atom. The van der Waals surface area contributed by atoms with E-state index >= 15 is 0 Å². The molecular weight excluding hydrogens is 157 g/mol. The molecule has 0 bridgehead atoms. The molecule has 10 heavy (non-hydrogen) atoms. The van der Waals surface area contributed by atoms with Gasteiger partial charge in [-0.15, -0.1) is 12.1 Å². The predicted octanol–water partition coefficient (Wildman–Crippen LogP) is -3.75. The van der Waals surface area contributed by atoms with Crippen LogP contribution in [0, 0.1) is 6.92 Å². The summed E-state index contributed by atoms with van der Waals surface area (Å²) in [6.45, 7) is 3.72. The number of quaternary nitrogens is 1. The SMILES string of the molecule is [CH2-]c1ccccc1.[Cl-].[NH4+].[Na+]. The molecule has 0 saturated carbocycles. The topological polar surface area (TPSA) is 36.5 Å². The summed E-state index contributed by atoms with van der Waals surface area (Å²) >= 11 is 0. The quantitative estimate of drug-likeness (QED) is 0.305. The molecule has 0 aliphatic rings. The van der Waals surface area contributed by atoms with Crippen LogP contribution >= 0.6 is 0 Å². The van der Waals surface area contributed by atoms with Gasteiger partial charge >= 0.3 is 29.6 Å². The van der Waals surface area contributed by atoms with Gasteiger partial charge < -0.3 is 18.6 Å². The summed E-state index contributed by atoms with van der Waals surface area (Å²) in [5, 5.41) is 0. The van der Waals surface area contributed by atoms with E-state index in [0.29, 0.717) is 0 Å². The minimum absolute atomic E-state index is 0. The van der Waals surface area contributed by atoms with Gasteiger partial charge in [-0.25, -0.2) is 0 Å². The van der Waals surface area contributed by atoms with Crippen LogP contribution in [0.3, 0.4) is 0 Å². The Hall–Kier alpha value is 0.340. The van der Waals surface area contributed by atoms with E-state index in [4.69, 9.17) is 0 Å². The Balaban J connectivity index is -0.000000163. The van der Waals surface area contributed by atoms with Crippen LogP contribution in [0.25, 0.3) is 0 Å². The second kappa shape index (κ2) is 9.34. The Bertz CT molecular complexity index is 144. The first-order valence-corrected chi connectivity index (χ1v) is 2.26. The van der Waals surface area contributed by atoms with Crippen LogP contribution in [0.5, 0.6) is 0 Å². The summed E-state index contributed by atoms with van der Waals surface area (Å²) in [6.07, 6.45) is 0. The molecule has 0 aliphatic heterocycles. The average molecular weight is 168 g/mol. The van der Waals surface area contributed by atoms with Crippen molar-refractivity contribution in [2.45, 2.75) is 0 Å². The first kappa shape index (κ1) is 16.7. The fourth-order valence-electron chi connectivity index (χ4n) is 0.478. The van der Waals surface area contributed by atoms with E-state index in [1.54, 1.807) is 0 Å². The largest absolute Gasteiger partial charge is 1.00 e. The summed E-state index contributed by atoms with van der Waals surface area (Å²) in [6, 6.07) is 9.87. The van der Waals surface area contributed by atoms with E-state index in [9.17, 15) is 0 Å². The third-order valence-electron chi connectivity index (χ3n) is 0.843. The van der Waals surface area contributed by atoms with Gasteiger partial charge in [-0.2, -0.15) is 24.6 Å². The smallest absolute Gasteiger partial charge is 1.00 e. The first-order chi connectivity index (χ1) is 3.39. The fraction of sp³-hybridized carbons (Fsp3) is 0. The maximum absolute atomic E-state index is 3.72. The maximum atomic E-state index is 3.72. The van der Waals surface area contributed by atoms with Crippen LogP contribution in [0.15, 0.2) is 30.3 Å². The van der Waals surface area contributed by atoms with Crippen molar-refractivity contribution in [2.24, 2.45) is 0 Å². The standard InChI is InChI=1S/C7H7.ClH.H3N.Na/c1-7-5-3-2-4-6-7;;;/h2-6H,1H2;1H;1H3;/q-1;;;+1. The van der Waals surface area contributed by atoms with Crippen LogP contribution < -0.4 is 48.1 Å². The molecule has 0 aromatic heterocycles. The van der Waals surface area contributed by atoms with Crippen molar-refractivity contribution in [2.75, 3.05) is 0 Å². The van der Waals surface area contributed by atoms with Gasteiger partial charge in [0.2, 0.25) is 0 Å². The molecule has 3 heteroatoms. The molecule has 52 valence electrons. The molecule has 1 aromatic carbocycles. The number of benzene rings is 1. The molecule has 1 rings (SSSR count). The van der Waals surface area contributed by atoms with Crippen molar-refractivity contribution in [1.29, 1.82) is 0 Å². The molecule has 0 amide bonds. The van der Waals surface area contributed by atoms with Crippen molar-refractivity contribution in [1.82, 2.24) is 6.15 Å². The number of rotatable bonds is 0. The summed E-state index contributed by atoms with van der Waals surface area (Å²) < 4.78 is 0. The van der Waals surface area contributed by atoms with Crippen molar-refractivity contribution < 1.29 is 42.0 Å². The molecule has 0 saturated heterocycles. The third kappa shape index (κ3) is 6.46. The molecule has 0 fully saturated rings. The van der Waals surface area contributed by atoms with Crippen molar-refractivity contribution in [3.05, 3.63) is 42.8 Å². The molecule has 0 atom stereocenters. The van der Waals surface area contributed by atoms with Crippen LogP contribution in [0.2, 0.25) is 0 Å². The Labute approximate surface area is 90.5 Å². The van der Waals surface area contributed by atoms with E-state index in [1.807, 2.05) is 30.3 Å². The number of hydrogen-bond donors (Lipinski definition) is 1. The van der Waals surface area contributed by atoms with Crippen LogP contribution in [0.4, 0.5) is 0 Å². The predicted molar refractivity (Wildman–Crippen MR) is 36.9 cm³/mol. The molecule has 4 N–H and O–H groups in total. The van der Waals surface area contributed by atoms with E-state index in [1.165, 1.54) is 0 Å². The molecule has 1 nitrogen and oxygen atoms in total. The summed E-state index contributed by atoms with van der Waals surface area (Å²) in [5.74, 6) is 0. The minimum Gasteiger partial charge on any atom is -1.00 e. The van der Waals surface area contributed by atoms with Gasteiger partial charge in [0.25, 0.3) is 0 Å². The van der Waals surface area contributed by atoms with Gasteiger partial charge in [-0.1, -0.05) is 6.07 Å². The van der Waals surface area contributed by atoms with E-state index in [2.05, 4.69) is 6.92 Å². The van der Waals surface area contributed by atoms with Gasteiger partial charge in [-0.3, -0.25) is 0 Å². The van der Waals surface area contributed by atoms with E-state index in [-0.39, 0.29) is 48.1 Å². The van der Waals surface area contributed by atoms with Crippen molar-refractivity contribution in [3.63, 3.8) is 0 Å². The molecule has 0 radical (unpaired) electrons. The van der Waals surface area contributed by atoms with Gasteiger partial charge in [0.05, 0.1) is 0 Å². The van der Waals surface area contributed by atoms with Crippen molar-refractivity contribution >= 4 is 0 Å². The van der Waals surface area contributed by atoms with Crippen LogP contribution in [0.1, 0.15) is 5.56 Å². The number of hydrogen-bond acceptors (Lipinski definition) is 0. The van der Waals surface area contributed by atoms with Gasteiger partial charge in [0.1, 0.15) is 0 Å². The third-order valence-corrected chi connectivity index (χ3v) is 0.843. The average Bonchev–Trinajstić information content (AvgIpc) is 1.69. The maximum Gasteiger partial charge on any atom is 1.00 e. The van der Waals surface area contributed by atoms with E-state index in [0.717, 1.165) is 5.56 Å². The molecule has 0 aliphatic carbocycles. The monoisotopic (exact) mass is 167 g/mol. The Morgan fingerprint density at radius 3 is 1.60 bits per heavy atom. The summed E-state index contributed by atoms with van der Waals surface area (Å²) in [5.41, 5.74) is 1.07. The molecular formula is C7H11ClNNa. The van der Waals surface area contributed by atoms with E-state index < -0.39 is 0 Å². The summed E-state index contributed by atoms with van der Waals surface area (Å²) in [7, 11) is 0. The second-order valence-corrected chi connectivity index (χ2v) is 1.49. The summed E-state index contributed by atoms with van der Waals surface area (Å²) in [4.78, 5) is 0. The van der Waals surface area contributed by atoms with Crippen LogP contribution in [-0.4, -0.2) is 0 Å². The molecule has 0 unspecified atom stereocenters. The zero-order valence-electron chi connectivity index (χ0n) is 6.47. The Morgan fingerprint density at radius 2 is 1.40 bits per heavy atom. The molecule has 0 spiro atoms. The van der Waals surface area contributed by atoms with Gasteiger partial charge in [-0.05, 0) is 0 Å². The molecule has 0 heterocycles. The fourth-order valence-corrected chi connectivity index (χ4v) is 0.478. The van der Waals surface area contributed by atoms with Crippen molar-refractivity contribution in [3.8, 4) is 0 Å². The van der Waals surface area contributed by atoms with Crippen LogP contribution in [-0.2, 0) is 0 Å². The zero-order valence-corrected chi connectivity index (χ0v) is 9.23. The Kier molecular flexibility index (Phi) is 15.6.